The van der Waals surface area contributed by atoms with Gasteiger partial charge in [-0.25, -0.2) is 0 Å². The van der Waals surface area contributed by atoms with Crippen molar-refractivity contribution in [3.05, 3.63) is 64.1 Å². The average Bonchev–Trinajstić information content (AvgIpc) is 2.70. The van der Waals surface area contributed by atoms with Crippen molar-refractivity contribution in [2.45, 2.75) is 0 Å². The number of hydrogen-bond donors (Lipinski definition) is 3. The quantitative estimate of drug-likeness (QED) is 0.353. The first-order valence-electron chi connectivity index (χ1n) is 8.17. The number of thiocarbonyl (C=S) groups is 1. The van der Waals surface area contributed by atoms with Crippen LogP contribution in [0.25, 0.3) is 6.08 Å². The second kappa shape index (κ2) is 11.3. The van der Waals surface area contributed by atoms with Gasteiger partial charge in [0, 0.05) is 11.1 Å². The molecule has 2 amide bonds. The highest BCUT2D eigenvalue weighted by atomic mass is 35.5. The number of hydrazine groups is 1. The normalized spacial score (nSPS) is 10.3. The maximum Gasteiger partial charge on any atom is 0.276 e. The summed E-state index contributed by atoms with van der Waals surface area (Å²) in [7, 11) is 1.57. The molecule has 0 aliphatic rings. The van der Waals surface area contributed by atoms with E-state index in [1.54, 1.807) is 49.6 Å². The topological polar surface area (TPSA) is 88.7 Å². The van der Waals surface area contributed by atoms with Crippen LogP contribution in [0.15, 0.2) is 48.5 Å². The summed E-state index contributed by atoms with van der Waals surface area (Å²) in [5.41, 5.74) is 5.51. The van der Waals surface area contributed by atoms with Gasteiger partial charge in [0.2, 0.25) is 5.91 Å². The smallest absolute Gasteiger partial charge is 0.276 e. The van der Waals surface area contributed by atoms with Crippen LogP contribution in [0.2, 0.25) is 10.0 Å². The molecule has 0 saturated carbocycles. The lowest BCUT2D eigenvalue weighted by molar-refractivity contribution is -0.123. The summed E-state index contributed by atoms with van der Waals surface area (Å²) in [5.74, 6) is 0.0407. The summed E-state index contributed by atoms with van der Waals surface area (Å²) in [4.78, 5) is 23.6. The molecule has 2 aromatic carbocycles. The van der Waals surface area contributed by atoms with Gasteiger partial charge in [0.1, 0.15) is 11.5 Å². The highest BCUT2D eigenvalue weighted by Gasteiger charge is 2.07. The standard InChI is InChI=1S/C19H17Cl2N3O4S/c1-27-14-6-2-12(3-7-14)4-9-17(25)22-19(29)24-23-18(26)11-28-16-8-5-13(20)10-15(16)21/h2-10H,11H2,1H3,(H,23,26)(H2,22,24,25,29). The minimum atomic E-state index is -0.526. The third-order valence-corrected chi connectivity index (χ3v) is 4.08. The van der Waals surface area contributed by atoms with E-state index in [1.165, 1.54) is 12.1 Å². The van der Waals surface area contributed by atoms with Gasteiger partial charge in [0.05, 0.1) is 12.1 Å². The van der Waals surface area contributed by atoms with Crippen molar-refractivity contribution >= 4 is 58.4 Å². The van der Waals surface area contributed by atoms with E-state index in [9.17, 15) is 9.59 Å². The van der Waals surface area contributed by atoms with Crippen molar-refractivity contribution in [1.82, 2.24) is 16.2 Å². The Morgan fingerprint density at radius 1 is 1.10 bits per heavy atom. The predicted octanol–water partition coefficient (Wildman–Crippen LogP) is 3.12. The molecule has 7 nitrogen and oxygen atoms in total. The highest BCUT2D eigenvalue weighted by molar-refractivity contribution is 7.80. The van der Waals surface area contributed by atoms with Crippen molar-refractivity contribution in [2.75, 3.05) is 13.7 Å². The Balaban J connectivity index is 1.71. The Kier molecular flexibility index (Phi) is 8.72. The van der Waals surface area contributed by atoms with Crippen molar-refractivity contribution in [2.24, 2.45) is 0 Å². The Bertz CT molecular complexity index is 920. The van der Waals surface area contributed by atoms with E-state index in [1.807, 2.05) is 0 Å². The lowest BCUT2D eigenvalue weighted by Crippen LogP contribution is -2.49. The first kappa shape index (κ1) is 22.5. The summed E-state index contributed by atoms with van der Waals surface area (Å²) in [6.45, 7) is -0.317. The molecule has 0 aliphatic heterocycles. The van der Waals surface area contributed by atoms with E-state index in [4.69, 9.17) is 44.9 Å². The minimum absolute atomic E-state index is 0.0766. The minimum Gasteiger partial charge on any atom is -0.497 e. The molecular weight excluding hydrogens is 437 g/mol. The second-order valence-electron chi connectivity index (χ2n) is 5.46. The monoisotopic (exact) mass is 453 g/mol. The highest BCUT2D eigenvalue weighted by Crippen LogP contribution is 2.27. The summed E-state index contributed by atoms with van der Waals surface area (Å²) < 4.78 is 10.3. The molecule has 0 unspecified atom stereocenters. The van der Waals surface area contributed by atoms with Crippen LogP contribution in [-0.2, 0) is 9.59 Å². The zero-order valence-electron chi connectivity index (χ0n) is 15.2. The van der Waals surface area contributed by atoms with Gasteiger partial charge in [-0.15, -0.1) is 0 Å². The van der Waals surface area contributed by atoms with Gasteiger partial charge in [-0.3, -0.25) is 25.8 Å². The molecule has 0 fully saturated rings. The van der Waals surface area contributed by atoms with Gasteiger partial charge in [-0.2, -0.15) is 0 Å². The molecule has 0 aromatic heterocycles. The van der Waals surface area contributed by atoms with Gasteiger partial charge in [0.15, 0.2) is 11.7 Å². The van der Waals surface area contributed by atoms with Crippen LogP contribution in [0.5, 0.6) is 11.5 Å². The second-order valence-corrected chi connectivity index (χ2v) is 6.71. The van der Waals surface area contributed by atoms with E-state index in [2.05, 4.69) is 16.2 Å². The molecule has 152 valence electrons. The van der Waals surface area contributed by atoms with Crippen LogP contribution >= 0.6 is 35.4 Å². The summed E-state index contributed by atoms with van der Waals surface area (Å²) >= 11 is 16.7. The van der Waals surface area contributed by atoms with E-state index >= 15 is 0 Å². The number of carbonyl (C=O) groups excluding carboxylic acids is 2. The fraction of sp³-hybridized carbons (Fsp3) is 0.105. The molecule has 0 radical (unpaired) electrons. The molecule has 0 spiro atoms. The summed E-state index contributed by atoms with van der Waals surface area (Å²) in [6.07, 6.45) is 2.92. The van der Waals surface area contributed by atoms with Gasteiger partial charge in [-0.05, 0) is 54.2 Å². The Morgan fingerprint density at radius 2 is 1.83 bits per heavy atom. The molecule has 2 aromatic rings. The molecular formula is C19H17Cl2N3O4S. The third-order valence-electron chi connectivity index (χ3n) is 3.35. The average molecular weight is 454 g/mol. The molecule has 0 bridgehead atoms. The first-order chi connectivity index (χ1) is 13.9. The number of amides is 2. The predicted molar refractivity (Wildman–Crippen MR) is 116 cm³/mol. The maximum atomic E-state index is 11.9. The fourth-order valence-corrected chi connectivity index (χ4v) is 2.58. The lowest BCUT2D eigenvalue weighted by atomic mass is 10.2. The molecule has 2 rings (SSSR count). The van der Waals surface area contributed by atoms with E-state index < -0.39 is 11.8 Å². The van der Waals surface area contributed by atoms with Crippen LogP contribution in [0, 0.1) is 0 Å². The molecule has 0 saturated heterocycles. The first-order valence-corrected chi connectivity index (χ1v) is 9.33. The molecule has 10 heteroatoms. The number of methoxy groups -OCH3 is 1. The van der Waals surface area contributed by atoms with Crippen molar-refractivity contribution < 1.29 is 19.1 Å². The molecule has 0 atom stereocenters. The zero-order chi connectivity index (χ0) is 21.2. The Labute approximate surface area is 182 Å². The maximum absolute atomic E-state index is 11.9. The molecule has 29 heavy (non-hydrogen) atoms. The largest absolute Gasteiger partial charge is 0.497 e. The zero-order valence-corrected chi connectivity index (χ0v) is 17.5. The Morgan fingerprint density at radius 3 is 2.48 bits per heavy atom. The number of ether oxygens (including phenoxy) is 2. The van der Waals surface area contributed by atoms with Gasteiger partial charge < -0.3 is 9.47 Å². The van der Waals surface area contributed by atoms with Crippen molar-refractivity contribution in [1.29, 1.82) is 0 Å². The SMILES string of the molecule is COc1ccc(C=CC(=O)NC(=S)NNC(=O)COc2ccc(Cl)cc2Cl)cc1. The molecule has 3 N–H and O–H groups in total. The number of hydrogen-bond acceptors (Lipinski definition) is 5. The van der Waals surface area contributed by atoms with Crippen LogP contribution < -0.4 is 25.6 Å². The van der Waals surface area contributed by atoms with E-state index in [-0.39, 0.29) is 16.7 Å². The summed E-state index contributed by atoms with van der Waals surface area (Å²) in [6, 6.07) is 11.8. The Hall–Kier alpha value is -2.81. The van der Waals surface area contributed by atoms with Gasteiger partial charge in [0.25, 0.3) is 5.91 Å². The molecule has 0 aliphatic carbocycles. The number of carbonyl (C=O) groups is 2. The van der Waals surface area contributed by atoms with E-state index in [0.29, 0.717) is 10.8 Å². The van der Waals surface area contributed by atoms with Gasteiger partial charge >= 0.3 is 0 Å². The van der Waals surface area contributed by atoms with Gasteiger partial charge in [-0.1, -0.05) is 35.3 Å². The number of benzene rings is 2. The van der Waals surface area contributed by atoms with Crippen LogP contribution in [0.4, 0.5) is 0 Å². The van der Waals surface area contributed by atoms with Crippen LogP contribution in [-0.4, -0.2) is 30.6 Å². The van der Waals surface area contributed by atoms with Crippen molar-refractivity contribution in [3.63, 3.8) is 0 Å². The van der Waals surface area contributed by atoms with Crippen molar-refractivity contribution in [3.8, 4) is 11.5 Å². The van der Waals surface area contributed by atoms with E-state index in [0.717, 1.165) is 11.3 Å². The number of halogens is 2. The number of nitrogens with one attached hydrogen (secondary N) is 3. The fourth-order valence-electron chi connectivity index (χ4n) is 1.97. The van der Waals surface area contributed by atoms with Crippen LogP contribution in [0.3, 0.4) is 0 Å². The third kappa shape index (κ3) is 7.98. The molecule has 0 heterocycles. The number of rotatable bonds is 6. The van der Waals surface area contributed by atoms with Crippen LogP contribution in [0.1, 0.15) is 5.56 Å². The lowest BCUT2D eigenvalue weighted by Gasteiger charge is -2.11. The summed E-state index contributed by atoms with van der Waals surface area (Å²) in [5, 5.41) is 3.06.